The van der Waals surface area contributed by atoms with Gasteiger partial charge in [0.15, 0.2) is 0 Å². The van der Waals surface area contributed by atoms with Crippen LogP contribution in [0.1, 0.15) is 0 Å². The molecule has 0 radical (unpaired) electrons. The highest BCUT2D eigenvalue weighted by molar-refractivity contribution is 7.27. The van der Waals surface area contributed by atoms with Gasteiger partial charge in [-0.1, -0.05) is 200 Å². The smallest absolute Gasteiger partial charge is 0.0555 e. The van der Waals surface area contributed by atoms with Crippen LogP contribution in [0.15, 0.2) is 340 Å². The molecule has 0 amide bonds. The van der Waals surface area contributed by atoms with Gasteiger partial charge >= 0.3 is 0 Å². The second-order valence-electron chi connectivity index (χ2n) is 25.9. The summed E-state index contributed by atoms with van der Waals surface area (Å²) < 4.78 is 15.0. The van der Waals surface area contributed by atoms with E-state index in [1.165, 1.54) is 194 Å². The molecule has 0 N–H and O–H groups in total. The maximum Gasteiger partial charge on any atom is 0.0555 e. The van der Waals surface area contributed by atoms with Crippen LogP contribution in [0.3, 0.4) is 0 Å². The van der Waals surface area contributed by atoms with Crippen LogP contribution in [-0.4, -0.2) is 18.3 Å². The highest BCUT2D eigenvalue weighted by atomic mass is 32.1. The zero-order chi connectivity index (χ0) is 64.1. The van der Waals surface area contributed by atoms with Crippen molar-refractivity contribution in [3.8, 4) is 45.0 Å². The molecule has 0 aliphatic carbocycles. The first kappa shape index (κ1) is 55.0. The van der Waals surface area contributed by atoms with Crippen LogP contribution in [0.2, 0.25) is 0 Å². The molecule has 456 valence electrons. The summed E-state index contributed by atoms with van der Waals surface area (Å²) in [4.78, 5) is 0. The average Bonchev–Trinajstić information content (AvgIpc) is 1.57. The largest absolute Gasteiger partial charge is 0.309 e. The van der Waals surface area contributed by atoms with E-state index < -0.39 is 0 Å². The Kier molecular flexibility index (Phi) is 12.1. The van der Waals surface area contributed by atoms with E-state index in [2.05, 4.69) is 358 Å². The van der Waals surface area contributed by atoms with Crippen LogP contribution >= 0.6 is 22.7 Å². The molecular formula is C92H56N4S2. The highest BCUT2D eigenvalue weighted by Crippen LogP contribution is 2.48. The van der Waals surface area contributed by atoms with Gasteiger partial charge in [0.2, 0.25) is 0 Å². The van der Waals surface area contributed by atoms with E-state index in [1.54, 1.807) is 0 Å². The molecule has 0 aliphatic heterocycles. The van der Waals surface area contributed by atoms with Crippen molar-refractivity contribution < 1.29 is 0 Å². The Morgan fingerprint density at radius 3 is 1.09 bits per heavy atom. The van der Waals surface area contributed by atoms with Crippen LogP contribution < -0.4 is 0 Å². The first-order chi connectivity index (χ1) is 48.6. The second-order valence-corrected chi connectivity index (χ2v) is 28.0. The molecule has 22 rings (SSSR count). The number of para-hydroxylation sites is 4. The molecule has 6 heteroatoms. The van der Waals surface area contributed by atoms with Gasteiger partial charge in [-0.25, -0.2) is 0 Å². The summed E-state index contributed by atoms with van der Waals surface area (Å²) in [5.41, 5.74) is 19.4. The number of hydrogen-bond donors (Lipinski definition) is 0. The molecule has 0 bridgehead atoms. The van der Waals surface area contributed by atoms with Gasteiger partial charge < -0.3 is 18.3 Å². The first-order valence-electron chi connectivity index (χ1n) is 33.5. The monoisotopic (exact) mass is 1280 g/mol. The molecule has 0 saturated carbocycles. The van der Waals surface area contributed by atoms with Gasteiger partial charge in [0.25, 0.3) is 0 Å². The molecule has 6 aromatic heterocycles. The summed E-state index contributed by atoms with van der Waals surface area (Å²) >= 11 is 3.79. The van der Waals surface area contributed by atoms with E-state index in [0.717, 1.165) is 0 Å². The second kappa shape index (κ2) is 21.6. The lowest BCUT2D eigenvalue weighted by molar-refractivity contribution is 1.18. The van der Waals surface area contributed by atoms with Crippen LogP contribution in [-0.2, 0) is 0 Å². The number of fused-ring (bicyclic) bond motifs is 22. The predicted molar refractivity (Wildman–Crippen MR) is 422 cm³/mol. The third-order valence-corrected chi connectivity index (χ3v) is 22.9. The molecule has 0 saturated heterocycles. The van der Waals surface area contributed by atoms with Gasteiger partial charge in [-0.2, -0.15) is 0 Å². The van der Waals surface area contributed by atoms with Gasteiger partial charge in [-0.05, 0) is 183 Å². The zero-order valence-corrected chi connectivity index (χ0v) is 54.6. The van der Waals surface area contributed by atoms with Gasteiger partial charge in [0.1, 0.15) is 0 Å². The predicted octanol–water partition coefficient (Wildman–Crippen LogP) is 26.1. The molecular weight excluding hydrogens is 1230 g/mol. The lowest BCUT2D eigenvalue weighted by atomic mass is 9.99. The Morgan fingerprint density at radius 1 is 0.173 bits per heavy atom. The van der Waals surface area contributed by atoms with Crippen molar-refractivity contribution in [1.29, 1.82) is 0 Å². The lowest BCUT2D eigenvalue weighted by Gasteiger charge is -2.10. The average molecular weight is 1280 g/mol. The van der Waals surface area contributed by atoms with Crippen molar-refractivity contribution in [3.63, 3.8) is 0 Å². The fourth-order valence-corrected chi connectivity index (χ4v) is 18.5. The molecule has 0 spiro atoms. The summed E-state index contributed by atoms with van der Waals surface area (Å²) in [6.45, 7) is 0. The Bertz CT molecular complexity index is 7050. The van der Waals surface area contributed by atoms with Crippen molar-refractivity contribution in [2.24, 2.45) is 0 Å². The molecule has 0 atom stereocenters. The van der Waals surface area contributed by atoms with Crippen LogP contribution in [0.4, 0.5) is 0 Å². The summed E-state index contributed by atoms with van der Waals surface area (Å²) in [6.07, 6.45) is 0. The standard InChI is InChI=1S/2C46H28N2S/c1-2-12-33(13-3-1)47-42-24-20-32(28-39(42)45-43(47)25-22-37-36-15-7-9-17-44(36)49-46(37)45)31-19-23-41-38(27-31)35-14-6-8-16-40(35)48(41)34-21-18-29-10-4-5-11-30(29)26-34;1-2-12-33(13-3-1)47-41-23-20-32(28-38(41)45-42(47)24-25-44-46(45)36-15-7-9-17-43(36)49-44)31-19-22-40-37(27-31)35-14-6-8-16-39(35)48(40)34-21-18-29-10-4-5-11-30(29)26-34/h2*1-28H. The Balaban J connectivity index is 0.000000129. The molecule has 6 heterocycles. The molecule has 0 unspecified atom stereocenters. The maximum absolute atomic E-state index is 2.43. The van der Waals surface area contributed by atoms with E-state index in [1.807, 2.05) is 22.7 Å². The topological polar surface area (TPSA) is 19.7 Å². The zero-order valence-electron chi connectivity index (χ0n) is 52.9. The number of rotatable bonds is 6. The number of aromatic nitrogens is 4. The van der Waals surface area contributed by atoms with E-state index in [9.17, 15) is 0 Å². The van der Waals surface area contributed by atoms with Crippen molar-refractivity contribution >= 4 is 172 Å². The van der Waals surface area contributed by atoms with Crippen molar-refractivity contribution in [2.75, 3.05) is 0 Å². The van der Waals surface area contributed by atoms with Gasteiger partial charge in [0.05, 0.1) is 44.1 Å². The van der Waals surface area contributed by atoms with Crippen LogP contribution in [0, 0.1) is 0 Å². The van der Waals surface area contributed by atoms with Crippen molar-refractivity contribution in [3.05, 3.63) is 340 Å². The third kappa shape index (κ3) is 8.35. The summed E-state index contributed by atoms with van der Waals surface area (Å²) in [5, 5.41) is 20.6. The van der Waals surface area contributed by atoms with Gasteiger partial charge in [-0.15, -0.1) is 22.7 Å². The normalized spacial score (nSPS) is 12.1. The van der Waals surface area contributed by atoms with E-state index in [-0.39, 0.29) is 0 Å². The third-order valence-electron chi connectivity index (χ3n) is 20.6. The molecule has 98 heavy (non-hydrogen) atoms. The van der Waals surface area contributed by atoms with Crippen LogP contribution in [0.5, 0.6) is 0 Å². The van der Waals surface area contributed by atoms with E-state index >= 15 is 0 Å². The summed E-state index contributed by atoms with van der Waals surface area (Å²) in [6, 6.07) is 125. The lowest BCUT2D eigenvalue weighted by Crippen LogP contribution is -1.93. The van der Waals surface area contributed by atoms with E-state index in [0.29, 0.717) is 0 Å². The maximum atomic E-state index is 2.43. The number of hydrogen-bond acceptors (Lipinski definition) is 2. The molecule has 0 aliphatic rings. The minimum absolute atomic E-state index is 1.18. The number of benzene rings is 16. The van der Waals surface area contributed by atoms with Crippen LogP contribution in [0.25, 0.3) is 194 Å². The minimum Gasteiger partial charge on any atom is -0.309 e. The first-order valence-corrected chi connectivity index (χ1v) is 35.2. The molecule has 0 fully saturated rings. The molecule has 4 nitrogen and oxygen atoms in total. The number of thiophene rings is 2. The minimum atomic E-state index is 1.18. The quantitative estimate of drug-likeness (QED) is 0.158. The van der Waals surface area contributed by atoms with Crippen molar-refractivity contribution in [1.82, 2.24) is 18.3 Å². The number of nitrogens with zero attached hydrogens (tertiary/aromatic N) is 4. The highest BCUT2D eigenvalue weighted by Gasteiger charge is 2.23. The Morgan fingerprint density at radius 2 is 0.551 bits per heavy atom. The summed E-state index contributed by atoms with van der Waals surface area (Å²) in [5.74, 6) is 0. The Labute approximate surface area is 570 Å². The van der Waals surface area contributed by atoms with E-state index in [4.69, 9.17) is 0 Å². The SMILES string of the molecule is c1ccc(-n2c3ccc(-c4ccc5c(c4)c4ccccc4n5-c4ccc5ccccc5c4)cc3c3c4c(ccc32)sc2ccccc24)cc1.c1ccc(-n2c3ccc(-c4ccc5c(c4)c4ccccc4n5-c4ccc5ccccc5c4)cc3c3c4sc5ccccc5c4ccc32)cc1. The van der Waals surface area contributed by atoms with Crippen molar-refractivity contribution in [2.45, 2.75) is 0 Å². The fraction of sp³-hybridized carbons (Fsp3) is 0. The summed E-state index contributed by atoms with van der Waals surface area (Å²) in [7, 11) is 0. The van der Waals surface area contributed by atoms with Gasteiger partial charge in [-0.3, -0.25) is 0 Å². The van der Waals surface area contributed by atoms with Gasteiger partial charge in [0, 0.05) is 106 Å². The fourth-order valence-electron chi connectivity index (χ4n) is 16.2. The molecule has 16 aromatic carbocycles. The Hall–Kier alpha value is -12.3. The molecule has 22 aromatic rings.